The molecule has 0 spiro atoms. The van der Waals surface area contributed by atoms with Crippen molar-refractivity contribution >= 4 is 40.8 Å². The Labute approximate surface area is 160 Å². The Hall–Kier alpha value is -2.44. The van der Waals surface area contributed by atoms with Crippen molar-refractivity contribution in [2.24, 2.45) is 0 Å². The summed E-state index contributed by atoms with van der Waals surface area (Å²) in [7, 11) is 2.99. The zero-order chi connectivity index (χ0) is 19.1. The van der Waals surface area contributed by atoms with E-state index in [1.807, 2.05) is 0 Å². The second kappa shape index (κ2) is 9.31. The van der Waals surface area contributed by atoms with E-state index in [2.05, 4.69) is 5.32 Å². The van der Waals surface area contributed by atoms with Crippen LogP contribution in [-0.2, 0) is 20.7 Å². The van der Waals surface area contributed by atoms with E-state index in [0.29, 0.717) is 32.8 Å². The molecule has 2 rings (SSSR count). The molecule has 8 heteroatoms. The molecular formula is C18H17Cl2NO5. The highest BCUT2D eigenvalue weighted by atomic mass is 35.5. The number of ether oxygens (including phenoxy) is 3. The molecule has 2 aromatic rings. The van der Waals surface area contributed by atoms with E-state index in [0.717, 1.165) is 0 Å². The summed E-state index contributed by atoms with van der Waals surface area (Å²) in [6.07, 6.45) is -0.0637. The van der Waals surface area contributed by atoms with Gasteiger partial charge in [-0.15, -0.1) is 0 Å². The van der Waals surface area contributed by atoms with E-state index in [1.54, 1.807) is 30.3 Å². The smallest absolute Gasteiger partial charge is 0.310 e. The molecule has 138 valence electrons. The number of esters is 1. The van der Waals surface area contributed by atoms with Gasteiger partial charge in [0, 0.05) is 16.1 Å². The standard InChI is InChI=1S/C18H17Cl2NO5/c1-24-13-5-6-16(25-2)15(9-13)21-17(22)10-26-18(23)7-11-3-4-12(19)8-14(11)20/h3-6,8-9H,7,10H2,1-2H3,(H,21,22). The molecule has 1 N–H and O–H groups in total. The fraction of sp³-hybridized carbons (Fsp3) is 0.222. The summed E-state index contributed by atoms with van der Waals surface area (Å²) >= 11 is 11.8. The zero-order valence-electron chi connectivity index (χ0n) is 14.2. The molecular weight excluding hydrogens is 381 g/mol. The predicted octanol–water partition coefficient (Wildman–Crippen LogP) is 3.74. The third-order valence-electron chi connectivity index (χ3n) is 3.39. The maximum atomic E-state index is 12.0. The number of hydrogen-bond donors (Lipinski definition) is 1. The molecule has 0 atom stereocenters. The van der Waals surface area contributed by atoms with Crippen LogP contribution < -0.4 is 14.8 Å². The van der Waals surface area contributed by atoms with Crippen LogP contribution in [0.25, 0.3) is 0 Å². The van der Waals surface area contributed by atoms with Crippen LogP contribution in [0, 0.1) is 0 Å². The van der Waals surface area contributed by atoms with Crippen molar-refractivity contribution in [1.82, 2.24) is 0 Å². The van der Waals surface area contributed by atoms with Gasteiger partial charge in [0.1, 0.15) is 11.5 Å². The van der Waals surface area contributed by atoms with Gasteiger partial charge in [-0.2, -0.15) is 0 Å². The second-order valence-corrected chi connectivity index (χ2v) is 6.03. The van der Waals surface area contributed by atoms with E-state index in [4.69, 9.17) is 37.4 Å². The maximum absolute atomic E-state index is 12.0. The lowest BCUT2D eigenvalue weighted by Gasteiger charge is -2.12. The first-order valence-electron chi connectivity index (χ1n) is 7.54. The fourth-order valence-electron chi connectivity index (χ4n) is 2.12. The Kier molecular flexibility index (Phi) is 7.12. The fourth-order valence-corrected chi connectivity index (χ4v) is 2.59. The number of methoxy groups -OCH3 is 2. The Morgan fingerprint density at radius 1 is 1.04 bits per heavy atom. The van der Waals surface area contributed by atoms with Crippen molar-refractivity contribution in [3.05, 3.63) is 52.0 Å². The van der Waals surface area contributed by atoms with Crippen molar-refractivity contribution in [2.75, 3.05) is 26.1 Å². The highest BCUT2D eigenvalue weighted by Crippen LogP contribution is 2.28. The van der Waals surface area contributed by atoms with Crippen LogP contribution in [-0.4, -0.2) is 32.7 Å². The number of nitrogens with one attached hydrogen (secondary N) is 1. The van der Waals surface area contributed by atoms with Crippen LogP contribution >= 0.6 is 23.2 Å². The molecule has 0 radical (unpaired) electrons. The summed E-state index contributed by atoms with van der Waals surface area (Å²) in [5.74, 6) is -0.0806. The summed E-state index contributed by atoms with van der Waals surface area (Å²) in [6.45, 7) is -0.440. The summed E-state index contributed by atoms with van der Waals surface area (Å²) in [4.78, 5) is 23.9. The van der Waals surface area contributed by atoms with Gasteiger partial charge in [-0.25, -0.2) is 0 Å². The van der Waals surface area contributed by atoms with Crippen molar-refractivity contribution in [3.8, 4) is 11.5 Å². The quantitative estimate of drug-likeness (QED) is 0.720. The summed E-state index contributed by atoms with van der Waals surface area (Å²) in [6, 6.07) is 9.75. The molecule has 0 fully saturated rings. The highest BCUT2D eigenvalue weighted by molar-refractivity contribution is 6.35. The van der Waals surface area contributed by atoms with Gasteiger partial charge >= 0.3 is 5.97 Å². The predicted molar refractivity (Wildman–Crippen MR) is 99.3 cm³/mol. The molecule has 0 aromatic heterocycles. The van der Waals surface area contributed by atoms with Crippen LogP contribution in [0.1, 0.15) is 5.56 Å². The van der Waals surface area contributed by atoms with Crippen LogP contribution in [0.4, 0.5) is 5.69 Å². The van der Waals surface area contributed by atoms with E-state index >= 15 is 0 Å². The Morgan fingerprint density at radius 3 is 2.46 bits per heavy atom. The van der Waals surface area contributed by atoms with Gasteiger partial charge in [0.15, 0.2) is 6.61 Å². The van der Waals surface area contributed by atoms with Crippen molar-refractivity contribution < 1.29 is 23.8 Å². The minimum atomic E-state index is -0.582. The first kappa shape index (κ1) is 19.9. The Balaban J connectivity index is 1.91. The number of halogens is 2. The van der Waals surface area contributed by atoms with Crippen LogP contribution in [0.5, 0.6) is 11.5 Å². The van der Waals surface area contributed by atoms with E-state index < -0.39 is 18.5 Å². The number of anilines is 1. The summed E-state index contributed by atoms with van der Waals surface area (Å²) in [5.41, 5.74) is 0.976. The molecule has 1 amide bonds. The van der Waals surface area contributed by atoms with Crippen LogP contribution in [0.15, 0.2) is 36.4 Å². The van der Waals surface area contributed by atoms with Gasteiger partial charge in [0.25, 0.3) is 5.91 Å². The molecule has 0 aliphatic carbocycles. The number of hydrogen-bond acceptors (Lipinski definition) is 5. The molecule has 6 nitrogen and oxygen atoms in total. The first-order valence-corrected chi connectivity index (χ1v) is 8.30. The molecule has 0 bridgehead atoms. The van der Waals surface area contributed by atoms with E-state index in [1.165, 1.54) is 20.3 Å². The minimum absolute atomic E-state index is 0.0637. The monoisotopic (exact) mass is 397 g/mol. The Bertz CT molecular complexity index is 810. The van der Waals surface area contributed by atoms with Gasteiger partial charge in [-0.1, -0.05) is 29.3 Å². The first-order chi connectivity index (χ1) is 12.4. The van der Waals surface area contributed by atoms with Crippen molar-refractivity contribution in [2.45, 2.75) is 6.42 Å². The zero-order valence-corrected chi connectivity index (χ0v) is 15.7. The van der Waals surface area contributed by atoms with Crippen molar-refractivity contribution in [1.29, 1.82) is 0 Å². The number of amides is 1. The lowest BCUT2D eigenvalue weighted by Crippen LogP contribution is -2.22. The largest absolute Gasteiger partial charge is 0.497 e. The molecule has 0 aliphatic rings. The van der Waals surface area contributed by atoms with Gasteiger partial charge < -0.3 is 19.5 Å². The van der Waals surface area contributed by atoms with Crippen molar-refractivity contribution in [3.63, 3.8) is 0 Å². The van der Waals surface area contributed by atoms with Gasteiger partial charge in [0.05, 0.1) is 26.3 Å². The van der Waals surface area contributed by atoms with Gasteiger partial charge in [-0.05, 0) is 29.8 Å². The average molecular weight is 398 g/mol. The molecule has 26 heavy (non-hydrogen) atoms. The third kappa shape index (κ3) is 5.54. The number of carbonyl (C=O) groups is 2. The van der Waals surface area contributed by atoms with Crippen LogP contribution in [0.2, 0.25) is 10.0 Å². The molecule has 2 aromatic carbocycles. The minimum Gasteiger partial charge on any atom is -0.497 e. The normalized spacial score (nSPS) is 10.2. The number of carbonyl (C=O) groups excluding carboxylic acids is 2. The molecule has 0 aliphatic heterocycles. The van der Waals surface area contributed by atoms with Gasteiger partial charge in [0.2, 0.25) is 0 Å². The third-order valence-corrected chi connectivity index (χ3v) is 3.98. The SMILES string of the molecule is COc1ccc(OC)c(NC(=O)COC(=O)Cc2ccc(Cl)cc2Cl)c1. The molecule has 0 unspecified atom stereocenters. The topological polar surface area (TPSA) is 73.9 Å². The summed E-state index contributed by atoms with van der Waals surface area (Å²) < 4.78 is 15.3. The number of rotatable bonds is 7. The van der Waals surface area contributed by atoms with E-state index in [-0.39, 0.29) is 6.42 Å². The second-order valence-electron chi connectivity index (χ2n) is 5.19. The van der Waals surface area contributed by atoms with Gasteiger partial charge in [-0.3, -0.25) is 9.59 Å². The summed E-state index contributed by atoms with van der Waals surface area (Å²) in [5, 5.41) is 3.44. The Morgan fingerprint density at radius 2 is 1.81 bits per heavy atom. The van der Waals surface area contributed by atoms with E-state index in [9.17, 15) is 9.59 Å². The lowest BCUT2D eigenvalue weighted by atomic mass is 10.1. The maximum Gasteiger partial charge on any atom is 0.310 e. The molecule has 0 heterocycles. The lowest BCUT2D eigenvalue weighted by molar-refractivity contribution is -0.146. The number of benzene rings is 2. The average Bonchev–Trinajstić information content (AvgIpc) is 2.62. The highest BCUT2D eigenvalue weighted by Gasteiger charge is 2.13. The molecule has 0 saturated heterocycles. The van der Waals surface area contributed by atoms with Crippen LogP contribution in [0.3, 0.4) is 0 Å². The molecule has 0 saturated carbocycles.